The number of hydrogen-bond acceptors (Lipinski definition) is 5. The molecular formula is C14H21ClN2O5S. The lowest BCUT2D eigenvalue weighted by molar-refractivity contribution is -0.122. The van der Waals surface area contributed by atoms with Crippen molar-refractivity contribution in [1.29, 1.82) is 0 Å². The van der Waals surface area contributed by atoms with E-state index in [-0.39, 0.29) is 12.2 Å². The van der Waals surface area contributed by atoms with E-state index in [4.69, 9.17) is 21.1 Å². The molecule has 0 fully saturated rings. The summed E-state index contributed by atoms with van der Waals surface area (Å²) in [5.41, 5.74) is 0.205. The number of benzene rings is 1. The number of hydrogen-bond donors (Lipinski definition) is 1. The molecule has 0 bridgehead atoms. The maximum Gasteiger partial charge on any atom is 0.243 e. The molecule has 1 aromatic rings. The second-order valence-corrected chi connectivity index (χ2v) is 7.13. The molecule has 0 spiro atoms. The van der Waals surface area contributed by atoms with Crippen LogP contribution in [-0.2, 0) is 19.6 Å². The number of anilines is 1. The zero-order chi connectivity index (χ0) is 17.6. The lowest BCUT2D eigenvalue weighted by Gasteiger charge is -2.29. The van der Waals surface area contributed by atoms with Crippen molar-refractivity contribution >= 4 is 33.2 Å². The third-order valence-corrected chi connectivity index (χ3v) is 4.53. The normalized spacial score (nSPS) is 12.6. The number of rotatable bonds is 8. The number of amides is 1. The zero-order valence-corrected chi connectivity index (χ0v) is 15.1. The fraction of sp³-hybridized carbons (Fsp3) is 0.500. The second kappa shape index (κ2) is 8.37. The van der Waals surface area contributed by atoms with E-state index >= 15 is 0 Å². The summed E-state index contributed by atoms with van der Waals surface area (Å²) in [6.07, 6.45) is 1.02. The van der Waals surface area contributed by atoms with Gasteiger partial charge in [0.2, 0.25) is 15.9 Å². The van der Waals surface area contributed by atoms with Crippen LogP contribution in [0.2, 0.25) is 5.02 Å². The molecule has 0 aliphatic heterocycles. The van der Waals surface area contributed by atoms with E-state index in [0.29, 0.717) is 17.4 Å². The Bertz CT molecular complexity index is 651. The van der Waals surface area contributed by atoms with Crippen LogP contribution in [0.1, 0.15) is 6.92 Å². The minimum absolute atomic E-state index is 0.205. The molecule has 1 rings (SSSR count). The Morgan fingerprint density at radius 3 is 2.57 bits per heavy atom. The van der Waals surface area contributed by atoms with Crippen molar-refractivity contribution in [3.63, 3.8) is 0 Å². The van der Waals surface area contributed by atoms with Crippen molar-refractivity contribution in [2.75, 3.05) is 37.9 Å². The summed E-state index contributed by atoms with van der Waals surface area (Å²) in [5, 5.41) is 2.95. The van der Waals surface area contributed by atoms with E-state index in [1.807, 2.05) is 0 Å². The van der Waals surface area contributed by atoms with Crippen LogP contribution < -0.4 is 14.4 Å². The number of ether oxygens (including phenoxy) is 2. The summed E-state index contributed by atoms with van der Waals surface area (Å²) in [7, 11) is -0.817. The molecule has 0 radical (unpaired) electrons. The number of nitrogens with one attached hydrogen (secondary N) is 1. The number of halogens is 1. The fourth-order valence-corrected chi connectivity index (χ4v) is 3.38. The molecule has 7 nitrogen and oxygen atoms in total. The Balaban J connectivity index is 3.21. The summed E-state index contributed by atoms with van der Waals surface area (Å²) in [5.74, 6) is -0.147. The standard InChI is InChI=1S/C14H21ClN2O5S/c1-10(14(18)16-7-8-21-2)17(23(4,19)20)12-9-11(15)5-6-13(12)22-3/h5-6,9-10H,7-8H2,1-4H3,(H,16,18)/t10-/m0/s1. The third kappa shape index (κ3) is 5.26. The lowest BCUT2D eigenvalue weighted by atomic mass is 10.2. The highest BCUT2D eigenvalue weighted by Crippen LogP contribution is 2.34. The average molecular weight is 365 g/mol. The predicted octanol–water partition coefficient (Wildman–Crippen LogP) is 1.27. The predicted molar refractivity (Wildman–Crippen MR) is 89.7 cm³/mol. The first-order valence-electron chi connectivity index (χ1n) is 6.82. The largest absolute Gasteiger partial charge is 0.495 e. The quantitative estimate of drug-likeness (QED) is 0.702. The molecule has 0 heterocycles. The first-order valence-corrected chi connectivity index (χ1v) is 9.04. The van der Waals surface area contributed by atoms with Crippen molar-refractivity contribution < 1.29 is 22.7 Å². The van der Waals surface area contributed by atoms with E-state index < -0.39 is 22.0 Å². The zero-order valence-electron chi connectivity index (χ0n) is 13.5. The number of methoxy groups -OCH3 is 2. The summed E-state index contributed by atoms with van der Waals surface area (Å²) in [6, 6.07) is 3.59. The van der Waals surface area contributed by atoms with Gasteiger partial charge in [0.25, 0.3) is 0 Å². The molecule has 23 heavy (non-hydrogen) atoms. The van der Waals surface area contributed by atoms with E-state index in [1.165, 1.54) is 27.2 Å². The monoisotopic (exact) mass is 364 g/mol. The molecule has 0 unspecified atom stereocenters. The van der Waals surface area contributed by atoms with Crippen LogP contribution in [0.25, 0.3) is 0 Å². The number of carbonyl (C=O) groups excluding carboxylic acids is 1. The Morgan fingerprint density at radius 2 is 2.04 bits per heavy atom. The number of sulfonamides is 1. The van der Waals surface area contributed by atoms with Gasteiger partial charge in [-0.3, -0.25) is 9.10 Å². The molecule has 1 atom stereocenters. The molecule has 0 aliphatic carbocycles. The van der Waals surface area contributed by atoms with Crippen LogP contribution >= 0.6 is 11.6 Å². The smallest absolute Gasteiger partial charge is 0.243 e. The highest BCUT2D eigenvalue weighted by Gasteiger charge is 2.31. The molecule has 0 aromatic heterocycles. The van der Waals surface area contributed by atoms with E-state index in [9.17, 15) is 13.2 Å². The van der Waals surface area contributed by atoms with Crippen LogP contribution in [-0.4, -0.2) is 54.0 Å². The minimum Gasteiger partial charge on any atom is -0.495 e. The van der Waals surface area contributed by atoms with Gasteiger partial charge in [0.05, 0.1) is 25.7 Å². The molecule has 0 saturated carbocycles. The number of nitrogens with zero attached hydrogens (tertiary/aromatic N) is 1. The van der Waals surface area contributed by atoms with Crippen molar-refractivity contribution in [2.24, 2.45) is 0 Å². The number of carbonyl (C=O) groups is 1. The molecule has 1 N–H and O–H groups in total. The van der Waals surface area contributed by atoms with Gasteiger partial charge in [-0.15, -0.1) is 0 Å². The van der Waals surface area contributed by atoms with Gasteiger partial charge in [-0.05, 0) is 25.1 Å². The Labute approximate surface area is 141 Å². The van der Waals surface area contributed by atoms with E-state index in [2.05, 4.69) is 5.32 Å². The SMILES string of the molecule is COCCNC(=O)[C@H](C)N(c1cc(Cl)ccc1OC)S(C)(=O)=O. The Hall–Kier alpha value is -1.51. The molecule has 130 valence electrons. The highest BCUT2D eigenvalue weighted by atomic mass is 35.5. The topological polar surface area (TPSA) is 84.9 Å². The summed E-state index contributed by atoms with van der Waals surface area (Å²) in [6.45, 7) is 2.10. The maximum absolute atomic E-state index is 12.2. The van der Waals surface area contributed by atoms with Gasteiger partial charge in [-0.25, -0.2) is 8.42 Å². The van der Waals surface area contributed by atoms with Crippen LogP contribution in [0.5, 0.6) is 5.75 Å². The molecule has 9 heteroatoms. The van der Waals surface area contributed by atoms with Gasteiger partial charge in [0.15, 0.2) is 0 Å². The maximum atomic E-state index is 12.2. The molecule has 1 aromatic carbocycles. The second-order valence-electron chi connectivity index (χ2n) is 4.83. The van der Waals surface area contributed by atoms with Crippen LogP contribution in [0.3, 0.4) is 0 Å². The van der Waals surface area contributed by atoms with Gasteiger partial charge in [-0.1, -0.05) is 11.6 Å². The summed E-state index contributed by atoms with van der Waals surface area (Å²) in [4.78, 5) is 12.2. The van der Waals surface area contributed by atoms with E-state index in [1.54, 1.807) is 12.1 Å². The van der Waals surface area contributed by atoms with Crippen LogP contribution in [0.15, 0.2) is 18.2 Å². The van der Waals surface area contributed by atoms with Crippen molar-refractivity contribution in [1.82, 2.24) is 5.32 Å². The minimum atomic E-state index is -3.74. The van der Waals surface area contributed by atoms with Gasteiger partial charge in [0, 0.05) is 18.7 Å². The Kier molecular flexibility index (Phi) is 7.11. The van der Waals surface area contributed by atoms with Crippen LogP contribution in [0.4, 0.5) is 5.69 Å². The lowest BCUT2D eigenvalue weighted by Crippen LogP contribution is -2.48. The Morgan fingerprint density at radius 1 is 1.39 bits per heavy atom. The van der Waals surface area contributed by atoms with E-state index in [0.717, 1.165) is 10.6 Å². The molecule has 0 saturated heterocycles. The first kappa shape index (κ1) is 19.5. The third-order valence-electron chi connectivity index (χ3n) is 3.07. The first-order chi connectivity index (χ1) is 10.7. The summed E-state index contributed by atoms with van der Waals surface area (Å²) >= 11 is 5.96. The van der Waals surface area contributed by atoms with Crippen LogP contribution in [0, 0.1) is 0 Å². The summed E-state index contributed by atoms with van der Waals surface area (Å²) < 4.78 is 35.4. The van der Waals surface area contributed by atoms with Gasteiger partial charge >= 0.3 is 0 Å². The van der Waals surface area contributed by atoms with Gasteiger partial charge in [0.1, 0.15) is 11.8 Å². The molecular weight excluding hydrogens is 344 g/mol. The van der Waals surface area contributed by atoms with Gasteiger partial charge in [-0.2, -0.15) is 0 Å². The van der Waals surface area contributed by atoms with Crippen molar-refractivity contribution in [3.05, 3.63) is 23.2 Å². The van der Waals surface area contributed by atoms with Gasteiger partial charge < -0.3 is 14.8 Å². The highest BCUT2D eigenvalue weighted by molar-refractivity contribution is 7.92. The van der Waals surface area contributed by atoms with Crippen molar-refractivity contribution in [3.8, 4) is 5.75 Å². The van der Waals surface area contributed by atoms with Crippen molar-refractivity contribution in [2.45, 2.75) is 13.0 Å². The fourth-order valence-electron chi connectivity index (χ4n) is 2.04. The average Bonchev–Trinajstić information content (AvgIpc) is 2.46. The molecule has 0 aliphatic rings. The molecule has 1 amide bonds.